The maximum atomic E-state index is 12.0. The molecule has 1 atom stereocenters. The molecule has 0 aliphatic carbocycles. The summed E-state index contributed by atoms with van der Waals surface area (Å²) >= 11 is 0. The SMILES string of the molecule is CCC[C@@H](N)C(=O)Nc1c(CC)cccc1CC. The van der Waals surface area contributed by atoms with E-state index in [0.29, 0.717) is 0 Å². The molecule has 0 heterocycles. The van der Waals surface area contributed by atoms with E-state index in [4.69, 9.17) is 5.73 Å². The van der Waals surface area contributed by atoms with Gasteiger partial charge in [-0.3, -0.25) is 4.79 Å². The topological polar surface area (TPSA) is 55.1 Å². The van der Waals surface area contributed by atoms with Crippen LogP contribution in [-0.2, 0) is 17.6 Å². The third-order valence-electron chi connectivity index (χ3n) is 3.18. The Labute approximate surface area is 110 Å². The molecule has 1 rings (SSSR count). The highest BCUT2D eigenvalue weighted by Crippen LogP contribution is 2.22. The molecule has 3 N–H and O–H groups in total. The number of hydrogen-bond acceptors (Lipinski definition) is 2. The standard InChI is InChI=1S/C15H24N2O/c1-4-8-13(16)15(18)17-14-11(5-2)9-7-10-12(14)6-3/h7,9-10,13H,4-6,8,16H2,1-3H3,(H,17,18)/t13-/m1/s1. The molecule has 0 aliphatic rings. The van der Waals surface area contributed by atoms with E-state index in [-0.39, 0.29) is 5.91 Å². The number of nitrogens with one attached hydrogen (secondary N) is 1. The molecule has 1 amide bonds. The first-order valence-corrected chi connectivity index (χ1v) is 6.81. The molecule has 0 radical (unpaired) electrons. The summed E-state index contributed by atoms with van der Waals surface area (Å²) in [5.74, 6) is -0.0764. The fourth-order valence-corrected chi connectivity index (χ4v) is 2.06. The van der Waals surface area contributed by atoms with Gasteiger partial charge in [-0.05, 0) is 30.4 Å². The Balaban J connectivity index is 2.91. The van der Waals surface area contributed by atoms with Crippen LogP contribution in [0.5, 0.6) is 0 Å². The van der Waals surface area contributed by atoms with Gasteiger partial charge >= 0.3 is 0 Å². The Bertz CT molecular complexity index is 379. The van der Waals surface area contributed by atoms with Gasteiger partial charge in [0.2, 0.25) is 5.91 Å². The Hall–Kier alpha value is -1.35. The highest BCUT2D eigenvalue weighted by molar-refractivity contribution is 5.96. The van der Waals surface area contributed by atoms with Crippen molar-refractivity contribution in [3.63, 3.8) is 0 Å². The van der Waals surface area contributed by atoms with E-state index >= 15 is 0 Å². The molecule has 1 aromatic rings. The minimum absolute atomic E-state index is 0.0764. The first-order valence-electron chi connectivity index (χ1n) is 6.81. The van der Waals surface area contributed by atoms with E-state index in [0.717, 1.165) is 31.4 Å². The number of benzene rings is 1. The van der Waals surface area contributed by atoms with Gasteiger partial charge in [-0.2, -0.15) is 0 Å². The van der Waals surface area contributed by atoms with Crippen LogP contribution in [0.25, 0.3) is 0 Å². The number of anilines is 1. The van der Waals surface area contributed by atoms with Crippen molar-refractivity contribution in [3.8, 4) is 0 Å². The predicted molar refractivity (Wildman–Crippen MR) is 76.7 cm³/mol. The zero-order valence-electron chi connectivity index (χ0n) is 11.6. The number of nitrogens with two attached hydrogens (primary N) is 1. The largest absolute Gasteiger partial charge is 0.324 e. The van der Waals surface area contributed by atoms with E-state index in [2.05, 4.69) is 31.3 Å². The van der Waals surface area contributed by atoms with Crippen molar-refractivity contribution >= 4 is 11.6 Å². The predicted octanol–water partition coefficient (Wildman–Crippen LogP) is 2.88. The molecule has 3 heteroatoms. The summed E-state index contributed by atoms with van der Waals surface area (Å²) in [5.41, 5.74) is 9.15. The molecule has 0 bridgehead atoms. The smallest absolute Gasteiger partial charge is 0.241 e. The van der Waals surface area contributed by atoms with Gasteiger partial charge in [-0.15, -0.1) is 0 Å². The van der Waals surface area contributed by atoms with Crippen molar-refractivity contribution in [1.82, 2.24) is 0 Å². The van der Waals surface area contributed by atoms with E-state index in [1.54, 1.807) is 0 Å². The molecule has 0 saturated carbocycles. The lowest BCUT2D eigenvalue weighted by Gasteiger charge is -2.17. The van der Waals surface area contributed by atoms with Crippen molar-refractivity contribution < 1.29 is 4.79 Å². The average Bonchev–Trinajstić information content (AvgIpc) is 2.39. The quantitative estimate of drug-likeness (QED) is 0.813. The third-order valence-corrected chi connectivity index (χ3v) is 3.18. The third kappa shape index (κ3) is 3.57. The molecule has 0 fully saturated rings. The van der Waals surface area contributed by atoms with Gasteiger partial charge in [-0.1, -0.05) is 45.4 Å². The van der Waals surface area contributed by atoms with Crippen LogP contribution < -0.4 is 11.1 Å². The molecule has 0 saturated heterocycles. The van der Waals surface area contributed by atoms with Crippen LogP contribution in [0.1, 0.15) is 44.7 Å². The van der Waals surface area contributed by atoms with Gasteiger partial charge in [-0.25, -0.2) is 0 Å². The Kier molecular flexibility index (Phi) is 5.86. The number of hydrogen-bond donors (Lipinski definition) is 2. The monoisotopic (exact) mass is 248 g/mol. The van der Waals surface area contributed by atoms with Crippen LogP contribution in [-0.4, -0.2) is 11.9 Å². The molecular formula is C15H24N2O. The summed E-state index contributed by atoms with van der Waals surface area (Å²) in [5, 5.41) is 3.00. The molecule has 0 aliphatic heterocycles. The van der Waals surface area contributed by atoms with Gasteiger partial charge in [0.15, 0.2) is 0 Å². The normalized spacial score (nSPS) is 12.2. The van der Waals surface area contributed by atoms with E-state index in [9.17, 15) is 4.79 Å². The summed E-state index contributed by atoms with van der Waals surface area (Å²) in [6.45, 7) is 6.22. The number of aryl methyl sites for hydroxylation is 2. The number of amides is 1. The Morgan fingerprint density at radius 2 is 1.78 bits per heavy atom. The number of rotatable bonds is 6. The minimum Gasteiger partial charge on any atom is -0.324 e. The minimum atomic E-state index is -0.412. The molecular weight excluding hydrogens is 224 g/mol. The number of para-hydroxylation sites is 1. The fourth-order valence-electron chi connectivity index (χ4n) is 2.06. The lowest BCUT2D eigenvalue weighted by molar-refractivity contribution is -0.117. The zero-order valence-corrected chi connectivity index (χ0v) is 11.6. The Morgan fingerprint density at radius 1 is 1.22 bits per heavy atom. The van der Waals surface area contributed by atoms with Gasteiger partial charge in [0, 0.05) is 5.69 Å². The number of carbonyl (C=O) groups is 1. The van der Waals surface area contributed by atoms with Crippen LogP contribution in [0.15, 0.2) is 18.2 Å². The second-order valence-electron chi connectivity index (χ2n) is 4.54. The summed E-state index contributed by atoms with van der Waals surface area (Å²) in [7, 11) is 0. The van der Waals surface area contributed by atoms with Gasteiger partial charge < -0.3 is 11.1 Å². The first kappa shape index (κ1) is 14.7. The molecule has 100 valence electrons. The molecule has 0 aromatic heterocycles. The number of carbonyl (C=O) groups excluding carboxylic acids is 1. The summed E-state index contributed by atoms with van der Waals surface area (Å²) in [6, 6.07) is 5.74. The summed E-state index contributed by atoms with van der Waals surface area (Å²) in [6.07, 6.45) is 3.46. The van der Waals surface area contributed by atoms with Crippen LogP contribution in [0, 0.1) is 0 Å². The van der Waals surface area contributed by atoms with Crippen molar-refractivity contribution in [2.75, 3.05) is 5.32 Å². The van der Waals surface area contributed by atoms with E-state index < -0.39 is 6.04 Å². The zero-order chi connectivity index (χ0) is 13.5. The maximum Gasteiger partial charge on any atom is 0.241 e. The highest BCUT2D eigenvalue weighted by Gasteiger charge is 2.15. The van der Waals surface area contributed by atoms with Crippen LogP contribution in [0.2, 0.25) is 0 Å². The lowest BCUT2D eigenvalue weighted by Crippen LogP contribution is -2.35. The maximum absolute atomic E-state index is 12.0. The van der Waals surface area contributed by atoms with Gasteiger partial charge in [0.05, 0.1) is 6.04 Å². The lowest BCUT2D eigenvalue weighted by atomic mass is 10.0. The van der Waals surface area contributed by atoms with Crippen LogP contribution in [0.4, 0.5) is 5.69 Å². The Morgan fingerprint density at radius 3 is 2.22 bits per heavy atom. The molecule has 0 spiro atoms. The van der Waals surface area contributed by atoms with Crippen molar-refractivity contribution in [2.45, 2.75) is 52.5 Å². The average molecular weight is 248 g/mol. The molecule has 1 aromatic carbocycles. The molecule has 0 unspecified atom stereocenters. The van der Waals surface area contributed by atoms with E-state index in [1.165, 1.54) is 11.1 Å². The summed E-state index contributed by atoms with van der Waals surface area (Å²) < 4.78 is 0. The second-order valence-corrected chi connectivity index (χ2v) is 4.54. The second kappa shape index (κ2) is 7.17. The highest BCUT2D eigenvalue weighted by atomic mass is 16.2. The molecule has 3 nitrogen and oxygen atoms in total. The van der Waals surface area contributed by atoms with Gasteiger partial charge in [0.1, 0.15) is 0 Å². The van der Waals surface area contributed by atoms with Crippen LogP contribution in [0.3, 0.4) is 0 Å². The first-order chi connectivity index (χ1) is 8.63. The van der Waals surface area contributed by atoms with Crippen molar-refractivity contribution in [1.29, 1.82) is 0 Å². The molecule has 18 heavy (non-hydrogen) atoms. The fraction of sp³-hybridized carbons (Fsp3) is 0.533. The van der Waals surface area contributed by atoms with E-state index in [1.807, 2.05) is 13.0 Å². The van der Waals surface area contributed by atoms with Crippen LogP contribution >= 0.6 is 0 Å². The van der Waals surface area contributed by atoms with Crippen molar-refractivity contribution in [3.05, 3.63) is 29.3 Å². The summed E-state index contributed by atoms with van der Waals surface area (Å²) in [4.78, 5) is 12.0. The van der Waals surface area contributed by atoms with Crippen molar-refractivity contribution in [2.24, 2.45) is 5.73 Å². The van der Waals surface area contributed by atoms with Gasteiger partial charge in [0.25, 0.3) is 0 Å².